The fourth-order valence-corrected chi connectivity index (χ4v) is 3.38. The standard InChI is InChI=1S/C18H26O2/c1-4-20-18(9-7-5-6-8-10-18)17(19)16-12-14(2)11-15(3)13-16/h11-13H,4-10H2,1-3H3. The Morgan fingerprint density at radius 3 is 2.10 bits per heavy atom. The summed E-state index contributed by atoms with van der Waals surface area (Å²) in [6.07, 6.45) is 6.36. The van der Waals surface area contributed by atoms with Crippen molar-refractivity contribution in [2.45, 2.75) is 64.9 Å². The van der Waals surface area contributed by atoms with Gasteiger partial charge in [0.1, 0.15) is 5.60 Å². The van der Waals surface area contributed by atoms with Crippen molar-refractivity contribution in [3.8, 4) is 0 Å². The van der Waals surface area contributed by atoms with Crippen molar-refractivity contribution < 1.29 is 9.53 Å². The summed E-state index contributed by atoms with van der Waals surface area (Å²) in [7, 11) is 0. The summed E-state index contributed by atoms with van der Waals surface area (Å²) in [5.74, 6) is 0.188. The molecule has 1 aliphatic carbocycles. The average Bonchev–Trinajstić information content (AvgIpc) is 2.64. The summed E-state index contributed by atoms with van der Waals surface area (Å²) in [4.78, 5) is 13.0. The lowest BCUT2D eigenvalue weighted by Crippen LogP contribution is -2.41. The predicted octanol–water partition coefficient (Wildman–Crippen LogP) is 4.62. The minimum absolute atomic E-state index is 0.188. The Bertz CT molecular complexity index is 448. The second kappa shape index (κ2) is 6.53. The van der Waals surface area contributed by atoms with Gasteiger partial charge in [-0.25, -0.2) is 0 Å². The van der Waals surface area contributed by atoms with Crippen molar-refractivity contribution >= 4 is 5.78 Å². The number of carbonyl (C=O) groups excluding carboxylic acids is 1. The van der Waals surface area contributed by atoms with Crippen LogP contribution >= 0.6 is 0 Å². The first-order valence-corrected chi connectivity index (χ1v) is 7.84. The molecule has 2 heteroatoms. The molecular weight excluding hydrogens is 248 g/mol. The highest BCUT2D eigenvalue weighted by Gasteiger charge is 2.39. The maximum Gasteiger partial charge on any atom is 0.194 e. The summed E-state index contributed by atoms with van der Waals surface area (Å²) in [5.41, 5.74) is 2.53. The molecule has 1 aliphatic rings. The van der Waals surface area contributed by atoms with Gasteiger partial charge in [0.2, 0.25) is 0 Å². The molecule has 0 atom stereocenters. The number of carbonyl (C=O) groups is 1. The fraction of sp³-hybridized carbons (Fsp3) is 0.611. The van der Waals surface area contributed by atoms with E-state index in [0.717, 1.165) is 42.4 Å². The monoisotopic (exact) mass is 274 g/mol. The van der Waals surface area contributed by atoms with Crippen LogP contribution in [0.2, 0.25) is 0 Å². The molecule has 0 heterocycles. The van der Waals surface area contributed by atoms with Crippen LogP contribution in [0.25, 0.3) is 0 Å². The van der Waals surface area contributed by atoms with E-state index in [4.69, 9.17) is 4.74 Å². The molecule has 0 saturated heterocycles. The highest BCUT2D eigenvalue weighted by Crippen LogP contribution is 2.34. The van der Waals surface area contributed by atoms with E-state index >= 15 is 0 Å². The van der Waals surface area contributed by atoms with Crippen molar-refractivity contribution in [2.24, 2.45) is 0 Å². The van der Waals surface area contributed by atoms with E-state index in [1.165, 1.54) is 12.8 Å². The normalized spacial score (nSPS) is 18.6. The maximum absolute atomic E-state index is 13.0. The van der Waals surface area contributed by atoms with Crippen LogP contribution in [0.15, 0.2) is 18.2 Å². The second-order valence-corrected chi connectivity index (χ2v) is 6.05. The van der Waals surface area contributed by atoms with E-state index in [0.29, 0.717) is 6.61 Å². The Morgan fingerprint density at radius 2 is 1.60 bits per heavy atom. The van der Waals surface area contributed by atoms with Crippen LogP contribution in [-0.4, -0.2) is 18.0 Å². The highest BCUT2D eigenvalue weighted by atomic mass is 16.5. The predicted molar refractivity (Wildman–Crippen MR) is 82.3 cm³/mol. The first-order chi connectivity index (χ1) is 9.57. The van der Waals surface area contributed by atoms with Crippen LogP contribution in [0.3, 0.4) is 0 Å². The molecule has 2 rings (SSSR count). The lowest BCUT2D eigenvalue weighted by Gasteiger charge is -2.31. The zero-order chi connectivity index (χ0) is 14.6. The Morgan fingerprint density at radius 1 is 1.05 bits per heavy atom. The van der Waals surface area contributed by atoms with Gasteiger partial charge in [-0.2, -0.15) is 0 Å². The molecule has 0 radical (unpaired) electrons. The summed E-state index contributed by atoms with van der Waals surface area (Å²) in [6.45, 7) is 6.69. The van der Waals surface area contributed by atoms with E-state index in [9.17, 15) is 4.79 Å². The van der Waals surface area contributed by atoms with Gasteiger partial charge >= 0.3 is 0 Å². The smallest absolute Gasteiger partial charge is 0.194 e. The van der Waals surface area contributed by atoms with Crippen molar-refractivity contribution in [1.29, 1.82) is 0 Å². The van der Waals surface area contributed by atoms with Gasteiger partial charge in [-0.05, 0) is 45.7 Å². The van der Waals surface area contributed by atoms with E-state index in [1.54, 1.807) is 0 Å². The third-order valence-electron chi connectivity index (χ3n) is 4.23. The van der Waals surface area contributed by atoms with Crippen molar-refractivity contribution in [3.63, 3.8) is 0 Å². The molecular formula is C18H26O2. The minimum atomic E-state index is -0.578. The summed E-state index contributed by atoms with van der Waals surface area (Å²) in [5, 5.41) is 0. The van der Waals surface area contributed by atoms with Gasteiger partial charge in [0, 0.05) is 12.2 Å². The summed E-state index contributed by atoms with van der Waals surface area (Å²) >= 11 is 0. The lowest BCUT2D eigenvalue weighted by molar-refractivity contribution is -0.0292. The minimum Gasteiger partial charge on any atom is -0.367 e. The molecule has 0 bridgehead atoms. The van der Waals surface area contributed by atoms with Gasteiger partial charge in [0.05, 0.1) is 0 Å². The molecule has 1 fully saturated rings. The van der Waals surface area contributed by atoms with E-state index in [2.05, 4.69) is 6.07 Å². The molecule has 0 aliphatic heterocycles. The number of aryl methyl sites for hydroxylation is 2. The van der Waals surface area contributed by atoms with Crippen LogP contribution in [0.4, 0.5) is 0 Å². The van der Waals surface area contributed by atoms with E-state index in [-0.39, 0.29) is 5.78 Å². The molecule has 1 aromatic carbocycles. The second-order valence-electron chi connectivity index (χ2n) is 6.05. The molecule has 110 valence electrons. The molecule has 20 heavy (non-hydrogen) atoms. The molecule has 1 saturated carbocycles. The van der Waals surface area contributed by atoms with Crippen molar-refractivity contribution in [2.75, 3.05) is 6.61 Å². The number of ether oxygens (including phenoxy) is 1. The van der Waals surface area contributed by atoms with Crippen LogP contribution in [-0.2, 0) is 4.74 Å². The number of hydrogen-bond acceptors (Lipinski definition) is 2. The number of hydrogen-bond donors (Lipinski definition) is 0. The summed E-state index contributed by atoms with van der Waals surface area (Å²) < 4.78 is 6.00. The Kier molecular flexibility index (Phi) is 4.98. The molecule has 0 N–H and O–H groups in total. The fourth-order valence-electron chi connectivity index (χ4n) is 3.38. The van der Waals surface area contributed by atoms with Crippen molar-refractivity contribution in [1.82, 2.24) is 0 Å². The van der Waals surface area contributed by atoms with Crippen LogP contribution in [0.5, 0.6) is 0 Å². The Labute approximate surface area is 122 Å². The lowest BCUT2D eigenvalue weighted by atomic mass is 9.85. The number of Topliss-reactive ketones (excluding diaryl/α,β-unsaturated/α-hetero) is 1. The SMILES string of the molecule is CCOC1(C(=O)c2cc(C)cc(C)c2)CCCCCC1. The third kappa shape index (κ3) is 3.29. The van der Waals surface area contributed by atoms with Gasteiger partial charge < -0.3 is 4.74 Å². The number of benzene rings is 1. The number of ketones is 1. The van der Waals surface area contributed by atoms with Gasteiger partial charge in [0.25, 0.3) is 0 Å². The first-order valence-electron chi connectivity index (χ1n) is 7.84. The van der Waals surface area contributed by atoms with E-state index < -0.39 is 5.60 Å². The Hall–Kier alpha value is -1.15. The molecule has 0 aromatic heterocycles. The van der Waals surface area contributed by atoms with E-state index in [1.807, 2.05) is 32.9 Å². The van der Waals surface area contributed by atoms with Gasteiger partial charge in [-0.1, -0.05) is 42.9 Å². The first kappa shape index (κ1) is 15.2. The zero-order valence-corrected chi connectivity index (χ0v) is 13.0. The molecule has 0 spiro atoms. The van der Waals surface area contributed by atoms with Crippen molar-refractivity contribution in [3.05, 3.63) is 34.9 Å². The van der Waals surface area contributed by atoms with Gasteiger partial charge in [0.15, 0.2) is 5.78 Å². The average molecular weight is 274 g/mol. The largest absolute Gasteiger partial charge is 0.367 e. The van der Waals surface area contributed by atoms with Crippen LogP contribution in [0.1, 0.15) is 66.9 Å². The molecule has 0 amide bonds. The van der Waals surface area contributed by atoms with Crippen LogP contribution < -0.4 is 0 Å². The summed E-state index contributed by atoms with van der Waals surface area (Å²) in [6, 6.07) is 6.11. The molecule has 2 nitrogen and oxygen atoms in total. The number of rotatable bonds is 4. The molecule has 1 aromatic rings. The van der Waals surface area contributed by atoms with Gasteiger partial charge in [-0.15, -0.1) is 0 Å². The Balaban J connectivity index is 2.34. The van der Waals surface area contributed by atoms with Crippen LogP contribution in [0, 0.1) is 13.8 Å². The third-order valence-corrected chi connectivity index (χ3v) is 4.23. The zero-order valence-electron chi connectivity index (χ0n) is 13.0. The quantitative estimate of drug-likeness (QED) is 0.591. The maximum atomic E-state index is 13.0. The topological polar surface area (TPSA) is 26.3 Å². The van der Waals surface area contributed by atoms with Gasteiger partial charge in [-0.3, -0.25) is 4.79 Å². The highest BCUT2D eigenvalue weighted by molar-refractivity contribution is 6.02. The molecule has 0 unspecified atom stereocenters.